The van der Waals surface area contributed by atoms with Gasteiger partial charge in [0.25, 0.3) is 5.79 Å². The molecule has 0 radical (unpaired) electrons. The maximum Gasteiger partial charge on any atom is 0.366 e. The lowest BCUT2D eigenvalue weighted by Crippen LogP contribution is -2.49. The number of carboxylic acids is 1. The van der Waals surface area contributed by atoms with E-state index in [-0.39, 0.29) is 6.42 Å². The monoisotopic (exact) mass is 220 g/mol. The molecular formula is C10H20O5. The molecule has 0 aliphatic carbocycles. The predicted molar refractivity (Wildman–Crippen MR) is 54.2 cm³/mol. The minimum Gasteiger partial charge on any atom is -0.477 e. The van der Waals surface area contributed by atoms with E-state index >= 15 is 0 Å². The topological polar surface area (TPSA) is 98.0 Å². The highest BCUT2D eigenvalue weighted by atomic mass is 16.6. The van der Waals surface area contributed by atoms with E-state index in [2.05, 4.69) is 6.92 Å². The highest BCUT2D eigenvalue weighted by Gasteiger charge is 2.40. The fraction of sp³-hybridized carbons (Fsp3) is 0.900. The maximum absolute atomic E-state index is 10.3. The first-order valence-electron chi connectivity index (χ1n) is 5.29. The van der Waals surface area contributed by atoms with Crippen molar-refractivity contribution in [2.45, 2.75) is 57.3 Å². The Morgan fingerprint density at radius 1 is 1.20 bits per heavy atom. The van der Waals surface area contributed by atoms with Gasteiger partial charge in [-0.05, 0) is 6.42 Å². The van der Waals surface area contributed by atoms with Gasteiger partial charge in [-0.1, -0.05) is 39.0 Å². The van der Waals surface area contributed by atoms with Gasteiger partial charge >= 0.3 is 5.97 Å². The van der Waals surface area contributed by atoms with Crippen LogP contribution in [0.3, 0.4) is 0 Å². The van der Waals surface area contributed by atoms with Gasteiger partial charge in [-0.25, -0.2) is 4.79 Å². The molecule has 0 bridgehead atoms. The Hall–Kier alpha value is -0.650. The minimum absolute atomic E-state index is 0.0863. The Morgan fingerprint density at radius 2 is 1.73 bits per heavy atom. The van der Waals surface area contributed by atoms with Gasteiger partial charge in [-0.15, -0.1) is 0 Å². The van der Waals surface area contributed by atoms with Crippen LogP contribution in [-0.2, 0) is 4.79 Å². The van der Waals surface area contributed by atoms with Crippen molar-refractivity contribution in [2.75, 3.05) is 0 Å². The molecule has 1 atom stereocenters. The van der Waals surface area contributed by atoms with Gasteiger partial charge < -0.3 is 20.4 Å². The van der Waals surface area contributed by atoms with Gasteiger partial charge in [-0.3, -0.25) is 0 Å². The van der Waals surface area contributed by atoms with Gasteiger partial charge in [0, 0.05) is 0 Å². The van der Waals surface area contributed by atoms with E-state index in [4.69, 9.17) is 15.3 Å². The second kappa shape index (κ2) is 6.76. The van der Waals surface area contributed by atoms with E-state index in [0.717, 1.165) is 25.7 Å². The van der Waals surface area contributed by atoms with Crippen LogP contribution >= 0.6 is 0 Å². The summed E-state index contributed by atoms with van der Waals surface area (Å²) < 4.78 is 0. The Bertz CT molecular complexity index is 190. The molecule has 0 aliphatic heterocycles. The van der Waals surface area contributed by atoms with Crippen molar-refractivity contribution in [1.29, 1.82) is 0 Å². The number of aliphatic carboxylic acids is 1. The molecule has 0 saturated heterocycles. The van der Waals surface area contributed by atoms with Crippen LogP contribution in [0.4, 0.5) is 0 Å². The number of carbonyl (C=O) groups is 1. The lowest BCUT2D eigenvalue weighted by molar-refractivity contribution is -0.237. The molecule has 0 aromatic carbocycles. The highest BCUT2D eigenvalue weighted by molar-refractivity contribution is 5.75. The molecule has 0 saturated carbocycles. The number of unbranched alkanes of at least 4 members (excludes halogenated alkanes) is 4. The Morgan fingerprint density at radius 3 is 2.20 bits per heavy atom. The summed E-state index contributed by atoms with van der Waals surface area (Å²) in [5.41, 5.74) is 0. The lowest BCUT2D eigenvalue weighted by Gasteiger charge is -2.22. The van der Waals surface area contributed by atoms with Crippen LogP contribution in [0.15, 0.2) is 0 Å². The molecule has 0 amide bonds. The summed E-state index contributed by atoms with van der Waals surface area (Å²) in [5, 5.41) is 35.6. The minimum atomic E-state index is -3.02. The van der Waals surface area contributed by atoms with Crippen molar-refractivity contribution in [3.8, 4) is 0 Å². The molecule has 1 unspecified atom stereocenters. The van der Waals surface area contributed by atoms with Gasteiger partial charge in [0.05, 0.1) is 0 Å². The van der Waals surface area contributed by atoms with Gasteiger partial charge in [-0.2, -0.15) is 0 Å². The van der Waals surface area contributed by atoms with Crippen molar-refractivity contribution in [2.24, 2.45) is 0 Å². The molecule has 5 heteroatoms. The second-order valence-corrected chi connectivity index (χ2v) is 3.75. The largest absolute Gasteiger partial charge is 0.477 e. The Kier molecular flexibility index (Phi) is 6.47. The van der Waals surface area contributed by atoms with Crippen LogP contribution in [0.25, 0.3) is 0 Å². The number of rotatable bonds is 8. The normalized spacial score (nSPS) is 13.9. The summed E-state index contributed by atoms with van der Waals surface area (Å²) in [6, 6.07) is 0. The standard InChI is InChI=1S/C10H20O5/c1-2-3-4-5-6-7-8(11)10(14,15)9(12)13/h8,11,14-15H,2-7H2,1H3,(H,12,13). The van der Waals surface area contributed by atoms with Crippen molar-refractivity contribution < 1.29 is 25.2 Å². The van der Waals surface area contributed by atoms with Crippen LogP contribution in [-0.4, -0.2) is 38.3 Å². The molecular weight excluding hydrogens is 200 g/mol. The molecule has 0 rings (SSSR count). The van der Waals surface area contributed by atoms with E-state index in [0.29, 0.717) is 6.42 Å². The SMILES string of the molecule is CCCCCCCC(O)C(O)(O)C(=O)O. The van der Waals surface area contributed by atoms with Crippen LogP contribution in [0, 0.1) is 0 Å². The van der Waals surface area contributed by atoms with Crippen LogP contribution < -0.4 is 0 Å². The molecule has 0 aromatic heterocycles. The van der Waals surface area contributed by atoms with Crippen molar-refractivity contribution in [1.82, 2.24) is 0 Å². The molecule has 4 N–H and O–H groups in total. The first-order chi connectivity index (χ1) is 6.92. The fourth-order valence-electron chi connectivity index (χ4n) is 1.29. The Balaban J connectivity index is 3.73. The summed E-state index contributed by atoms with van der Waals surface area (Å²) in [6.45, 7) is 2.08. The number of hydrogen-bond donors (Lipinski definition) is 4. The Labute approximate surface area is 89.4 Å². The van der Waals surface area contributed by atoms with Gasteiger partial charge in [0.15, 0.2) is 0 Å². The van der Waals surface area contributed by atoms with E-state index in [1.54, 1.807) is 0 Å². The smallest absolute Gasteiger partial charge is 0.366 e. The van der Waals surface area contributed by atoms with Crippen molar-refractivity contribution in [3.05, 3.63) is 0 Å². The number of hydrogen-bond acceptors (Lipinski definition) is 4. The second-order valence-electron chi connectivity index (χ2n) is 3.75. The molecule has 0 heterocycles. The van der Waals surface area contributed by atoms with Crippen molar-refractivity contribution >= 4 is 5.97 Å². The maximum atomic E-state index is 10.3. The van der Waals surface area contributed by atoms with E-state index in [1.165, 1.54) is 0 Å². The van der Waals surface area contributed by atoms with Crippen LogP contribution in [0.2, 0.25) is 0 Å². The molecule has 0 fully saturated rings. The molecule has 0 aliphatic rings. The summed E-state index contributed by atoms with van der Waals surface area (Å²) in [5.74, 6) is -4.84. The average molecular weight is 220 g/mol. The third-order valence-electron chi connectivity index (χ3n) is 2.36. The quantitative estimate of drug-likeness (QED) is 0.352. The first-order valence-corrected chi connectivity index (χ1v) is 5.29. The van der Waals surface area contributed by atoms with E-state index < -0.39 is 17.9 Å². The summed E-state index contributed by atoms with van der Waals surface area (Å²) in [6.07, 6.45) is 3.12. The lowest BCUT2D eigenvalue weighted by atomic mass is 10.0. The van der Waals surface area contributed by atoms with Gasteiger partial charge in [0.2, 0.25) is 0 Å². The average Bonchev–Trinajstić information content (AvgIpc) is 2.16. The third-order valence-corrected chi connectivity index (χ3v) is 2.36. The number of carboxylic acid groups (broad SMARTS) is 1. The number of aliphatic hydroxyl groups excluding tert-OH is 1. The van der Waals surface area contributed by atoms with E-state index in [1.807, 2.05) is 0 Å². The number of aliphatic hydroxyl groups is 3. The summed E-state index contributed by atoms with van der Waals surface area (Å²) in [7, 11) is 0. The van der Waals surface area contributed by atoms with Crippen LogP contribution in [0.1, 0.15) is 45.4 Å². The van der Waals surface area contributed by atoms with Crippen LogP contribution in [0.5, 0.6) is 0 Å². The summed E-state index contributed by atoms with van der Waals surface area (Å²) >= 11 is 0. The van der Waals surface area contributed by atoms with Gasteiger partial charge in [0.1, 0.15) is 6.10 Å². The third kappa shape index (κ3) is 5.11. The van der Waals surface area contributed by atoms with Crippen molar-refractivity contribution in [3.63, 3.8) is 0 Å². The highest BCUT2D eigenvalue weighted by Crippen LogP contribution is 2.15. The zero-order chi connectivity index (χ0) is 11.9. The first kappa shape index (κ1) is 14.3. The molecule has 15 heavy (non-hydrogen) atoms. The molecule has 0 aromatic rings. The molecule has 5 nitrogen and oxygen atoms in total. The zero-order valence-electron chi connectivity index (χ0n) is 9.02. The predicted octanol–water partition coefficient (Wildman–Crippen LogP) is 0.473. The fourth-order valence-corrected chi connectivity index (χ4v) is 1.29. The molecule has 90 valence electrons. The van der Waals surface area contributed by atoms with E-state index in [9.17, 15) is 9.90 Å². The zero-order valence-corrected chi connectivity index (χ0v) is 9.02. The summed E-state index contributed by atoms with van der Waals surface area (Å²) in [4.78, 5) is 10.3. The molecule has 0 spiro atoms.